The number of carbonyl (C=O) groups is 2. The van der Waals surface area contributed by atoms with Crippen molar-refractivity contribution in [2.24, 2.45) is 0 Å². The molecule has 0 aliphatic carbocycles. The Kier molecular flexibility index (Phi) is 11.0. The van der Waals surface area contributed by atoms with Gasteiger partial charge in [-0.15, -0.1) is 0 Å². The quantitative estimate of drug-likeness (QED) is 0.206. The third-order valence-electron chi connectivity index (χ3n) is 6.83. The van der Waals surface area contributed by atoms with Crippen LogP contribution in [0.2, 0.25) is 0 Å². The first-order valence-corrected chi connectivity index (χ1v) is 16.0. The van der Waals surface area contributed by atoms with E-state index in [0.29, 0.717) is 18.0 Å². The van der Waals surface area contributed by atoms with Crippen LogP contribution in [-0.2, 0) is 32.6 Å². The predicted molar refractivity (Wildman–Crippen MR) is 171 cm³/mol. The number of anilines is 1. The Morgan fingerprint density at radius 2 is 1.49 bits per heavy atom. The Labute approximate surface area is 261 Å². The molecule has 0 fully saturated rings. The summed E-state index contributed by atoms with van der Waals surface area (Å²) in [4.78, 5) is 29.3. The third-order valence-corrected chi connectivity index (χ3v) is 9.12. The minimum absolute atomic E-state index is 0.00746. The van der Waals surface area contributed by atoms with Crippen molar-refractivity contribution in [1.82, 2.24) is 10.2 Å². The maximum absolute atomic E-state index is 14.3. The largest absolute Gasteiger partial charge is 0.497 e. The number of rotatable bonds is 13. The van der Waals surface area contributed by atoms with Crippen molar-refractivity contribution in [2.75, 3.05) is 24.5 Å². The van der Waals surface area contributed by atoms with Gasteiger partial charge in [-0.1, -0.05) is 76.6 Å². The molecule has 0 radical (unpaired) electrons. The zero-order chi connectivity index (χ0) is 30.8. The van der Waals surface area contributed by atoms with Gasteiger partial charge in [-0.05, 0) is 66.6 Å². The molecule has 4 rings (SSSR count). The van der Waals surface area contributed by atoms with Crippen LogP contribution in [0.1, 0.15) is 18.1 Å². The zero-order valence-electron chi connectivity index (χ0n) is 24.0. The summed E-state index contributed by atoms with van der Waals surface area (Å²) in [6.45, 7) is 1.77. The minimum atomic E-state index is -4.18. The molecule has 224 valence electrons. The monoisotopic (exact) mass is 663 g/mol. The number of benzene rings is 4. The van der Waals surface area contributed by atoms with Gasteiger partial charge in [0.15, 0.2) is 0 Å². The molecule has 10 heteroatoms. The second kappa shape index (κ2) is 14.8. The smallest absolute Gasteiger partial charge is 0.264 e. The summed E-state index contributed by atoms with van der Waals surface area (Å²) in [5.41, 5.74) is 1.98. The Balaban J connectivity index is 1.77. The topological polar surface area (TPSA) is 96.0 Å². The number of hydrogen-bond acceptors (Lipinski definition) is 5. The van der Waals surface area contributed by atoms with Gasteiger partial charge in [-0.2, -0.15) is 0 Å². The molecule has 1 N–H and O–H groups in total. The second-order valence-corrected chi connectivity index (χ2v) is 12.6. The molecule has 4 aromatic carbocycles. The minimum Gasteiger partial charge on any atom is -0.497 e. The molecule has 4 aromatic rings. The summed E-state index contributed by atoms with van der Waals surface area (Å²) in [5.74, 6) is -0.334. The fourth-order valence-electron chi connectivity index (χ4n) is 4.68. The van der Waals surface area contributed by atoms with Crippen LogP contribution in [0.25, 0.3) is 0 Å². The van der Waals surface area contributed by atoms with Crippen LogP contribution < -0.4 is 14.4 Å². The van der Waals surface area contributed by atoms with Crippen molar-refractivity contribution in [2.45, 2.75) is 30.8 Å². The summed E-state index contributed by atoms with van der Waals surface area (Å²) >= 11 is 3.49. The average Bonchev–Trinajstić information content (AvgIpc) is 3.02. The van der Waals surface area contributed by atoms with E-state index >= 15 is 0 Å². The molecule has 0 heterocycles. The van der Waals surface area contributed by atoms with Crippen molar-refractivity contribution in [1.29, 1.82) is 0 Å². The molecule has 0 spiro atoms. The van der Waals surface area contributed by atoms with Gasteiger partial charge in [0.2, 0.25) is 11.8 Å². The highest BCUT2D eigenvalue weighted by Gasteiger charge is 2.34. The van der Waals surface area contributed by atoms with Crippen LogP contribution in [0.15, 0.2) is 119 Å². The van der Waals surface area contributed by atoms with Gasteiger partial charge in [-0.25, -0.2) is 8.42 Å². The van der Waals surface area contributed by atoms with Gasteiger partial charge < -0.3 is 15.0 Å². The van der Waals surface area contributed by atoms with Gasteiger partial charge in [0.1, 0.15) is 18.3 Å². The molecule has 2 amide bonds. The molecule has 43 heavy (non-hydrogen) atoms. The highest BCUT2D eigenvalue weighted by Crippen LogP contribution is 2.26. The first-order chi connectivity index (χ1) is 20.7. The summed E-state index contributed by atoms with van der Waals surface area (Å²) in [6, 6.07) is 30.5. The Morgan fingerprint density at radius 3 is 2.09 bits per heavy atom. The molecule has 0 saturated heterocycles. The lowest BCUT2D eigenvalue weighted by Crippen LogP contribution is -2.53. The van der Waals surface area contributed by atoms with Crippen molar-refractivity contribution < 1.29 is 22.7 Å². The lowest BCUT2D eigenvalue weighted by molar-refractivity contribution is -0.140. The van der Waals surface area contributed by atoms with E-state index in [2.05, 4.69) is 21.2 Å². The zero-order valence-corrected chi connectivity index (χ0v) is 26.4. The number of methoxy groups -OCH3 is 1. The van der Waals surface area contributed by atoms with Gasteiger partial charge in [0.05, 0.1) is 17.7 Å². The molecule has 0 aromatic heterocycles. The lowest BCUT2D eigenvalue weighted by Gasteiger charge is -2.33. The van der Waals surface area contributed by atoms with Crippen molar-refractivity contribution in [3.63, 3.8) is 0 Å². The lowest BCUT2D eigenvalue weighted by atomic mass is 10.0. The fraction of sp³-hybridized carbons (Fsp3) is 0.212. The van der Waals surface area contributed by atoms with Crippen molar-refractivity contribution in [3.8, 4) is 5.75 Å². The average molecular weight is 665 g/mol. The van der Waals surface area contributed by atoms with Crippen molar-refractivity contribution >= 4 is 43.5 Å². The number of nitrogens with zero attached hydrogens (tertiary/aromatic N) is 2. The van der Waals surface area contributed by atoms with E-state index in [1.54, 1.807) is 42.5 Å². The predicted octanol–water partition coefficient (Wildman–Crippen LogP) is 5.43. The SMILES string of the molecule is CCNC(=O)[C@H](Cc1ccccc1)N(Cc1cccc(Br)c1)C(=O)CN(c1ccccc1)S(=O)(=O)c1ccc(OC)cc1. The van der Waals surface area contributed by atoms with Gasteiger partial charge in [0.25, 0.3) is 10.0 Å². The molecule has 0 bridgehead atoms. The Hall–Kier alpha value is -4.15. The summed E-state index contributed by atoms with van der Waals surface area (Å²) < 4.78 is 35.1. The standard InChI is InChI=1S/C33H34BrN3O5S/c1-3-35-33(39)31(22-25-11-6-4-7-12-25)36(23-26-13-10-14-27(34)21-26)32(38)24-37(28-15-8-5-9-16-28)43(40,41)30-19-17-29(42-2)18-20-30/h4-21,31H,3,22-24H2,1-2H3,(H,35,39)/t31-/m0/s1. The third kappa shape index (κ3) is 8.24. The van der Waals surface area contributed by atoms with E-state index in [9.17, 15) is 18.0 Å². The van der Waals surface area contributed by atoms with Gasteiger partial charge in [0, 0.05) is 24.0 Å². The molecule has 8 nitrogen and oxygen atoms in total. The van der Waals surface area contributed by atoms with Crippen LogP contribution in [0.3, 0.4) is 0 Å². The van der Waals surface area contributed by atoms with Crippen LogP contribution >= 0.6 is 15.9 Å². The van der Waals surface area contributed by atoms with Crippen LogP contribution in [0.4, 0.5) is 5.69 Å². The van der Waals surface area contributed by atoms with Gasteiger partial charge >= 0.3 is 0 Å². The van der Waals surface area contributed by atoms with Gasteiger partial charge in [-0.3, -0.25) is 13.9 Å². The summed E-state index contributed by atoms with van der Waals surface area (Å²) in [7, 11) is -2.68. The molecule has 0 aliphatic rings. The van der Waals surface area contributed by atoms with E-state index in [-0.39, 0.29) is 23.8 Å². The molecule has 0 unspecified atom stereocenters. The van der Waals surface area contributed by atoms with E-state index in [1.165, 1.54) is 24.1 Å². The van der Waals surface area contributed by atoms with E-state index < -0.39 is 28.5 Å². The molecular weight excluding hydrogens is 630 g/mol. The van der Waals surface area contributed by atoms with Crippen molar-refractivity contribution in [3.05, 3.63) is 125 Å². The van der Waals surface area contributed by atoms with Crippen LogP contribution in [-0.4, -0.2) is 51.4 Å². The molecular formula is C33H34BrN3O5S. The maximum atomic E-state index is 14.3. The Morgan fingerprint density at radius 1 is 0.860 bits per heavy atom. The first-order valence-electron chi connectivity index (χ1n) is 13.8. The van der Waals surface area contributed by atoms with E-state index in [1.807, 2.05) is 61.5 Å². The fourth-order valence-corrected chi connectivity index (χ4v) is 6.54. The number of likely N-dealkylation sites (N-methyl/N-ethyl adjacent to an activating group) is 1. The molecule has 0 aliphatic heterocycles. The number of carbonyl (C=O) groups excluding carboxylic acids is 2. The van der Waals surface area contributed by atoms with Crippen LogP contribution in [0.5, 0.6) is 5.75 Å². The molecule has 1 atom stereocenters. The number of halogens is 1. The number of ether oxygens (including phenoxy) is 1. The van der Waals surface area contributed by atoms with E-state index in [0.717, 1.165) is 19.9 Å². The highest BCUT2D eigenvalue weighted by atomic mass is 79.9. The highest BCUT2D eigenvalue weighted by molar-refractivity contribution is 9.10. The normalized spacial score (nSPS) is 11.8. The van der Waals surface area contributed by atoms with E-state index in [4.69, 9.17) is 4.74 Å². The first kappa shape index (κ1) is 31.8. The Bertz CT molecular complexity index is 1620. The second-order valence-electron chi connectivity index (χ2n) is 9.77. The number of sulfonamides is 1. The number of para-hydroxylation sites is 1. The number of amides is 2. The maximum Gasteiger partial charge on any atom is 0.264 e. The summed E-state index contributed by atoms with van der Waals surface area (Å²) in [6.07, 6.45) is 0.253. The summed E-state index contributed by atoms with van der Waals surface area (Å²) in [5, 5.41) is 2.86. The number of nitrogens with one attached hydrogen (secondary N) is 1. The van der Waals surface area contributed by atoms with Crippen LogP contribution in [0, 0.1) is 0 Å². The molecule has 0 saturated carbocycles. The number of hydrogen-bond donors (Lipinski definition) is 1.